The van der Waals surface area contributed by atoms with Crippen LogP contribution in [-0.4, -0.2) is 68.8 Å². The summed E-state index contributed by atoms with van der Waals surface area (Å²) in [5.41, 5.74) is 1.03. The number of nitrogens with zero attached hydrogens (tertiary/aromatic N) is 2. The minimum Gasteiger partial charge on any atom is -0.334 e. The molecule has 0 unspecified atom stereocenters. The van der Waals surface area contributed by atoms with Gasteiger partial charge in [-0.3, -0.25) is 15.0 Å². The fraction of sp³-hybridized carbons (Fsp3) is 0.500. The number of rotatable bonds is 6. The predicted octanol–water partition coefficient (Wildman–Crippen LogP) is 1.30. The lowest BCUT2D eigenvalue weighted by molar-refractivity contribution is -0.121. The van der Waals surface area contributed by atoms with Crippen LogP contribution in [0.25, 0.3) is 0 Å². The van der Waals surface area contributed by atoms with Crippen LogP contribution in [0.1, 0.15) is 26.3 Å². The van der Waals surface area contributed by atoms with Crippen molar-refractivity contribution in [3.8, 4) is 0 Å². The lowest BCUT2D eigenvalue weighted by Crippen LogP contribution is -2.52. The average molecular weight is 423 g/mol. The number of nitrogens with one attached hydrogen (secondary N) is 2. The first-order chi connectivity index (χ1) is 13.5. The van der Waals surface area contributed by atoms with Gasteiger partial charge in [-0.1, -0.05) is 39.0 Å². The number of sulfonamides is 1. The average Bonchev–Trinajstić information content (AvgIpc) is 2.66. The number of carbonyl (C=O) groups is 2. The van der Waals surface area contributed by atoms with Crippen molar-refractivity contribution in [1.29, 1.82) is 0 Å². The highest BCUT2D eigenvalue weighted by Gasteiger charge is 2.29. The van der Waals surface area contributed by atoms with E-state index in [1.54, 1.807) is 12.1 Å². The molecule has 1 aliphatic heterocycles. The number of carbonyl (C=O) groups excluding carboxylic acids is 2. The van der Waals surface area contributed by atoms with Gasteiger partial charge in [0.2, 0.25) is 15.9 Å². The summed E-state index contributed by atoms with van der Waals surface area (Å²) in [7, 11) is -3.57. The van der Waals surface area contributed by atoms with Crippen LogP contribution in [0.2, 0.25) is 0 Å². The summed E-state index contributed by atoms with van der Waals surface area (Å²) < 4.78 is 27.2. The Morgan fingerprint density at radius 3 is 2.21 bits per heavy atom. The van der Waals surface area contributed by atoms with E-state index in [4.69, 9.17) is 0 Å². The van der Waals surface area contributed by atoms with Crippen molar-refractivity contribution in [1.82, 2.24) is 19.8 Å². The normalized spacial score (nSPS) is 16.2. The Bertz CT molecular complexity index is 836. The molecule has 1 saturated heterocycles. The zero-order valence-corrected chi connectivity index (χ0v) is 18.1. The molecule has 1 aliphatic rings. The summed E-state index contributed by atoms with van der Waals surface area (Å²) in [5, 5.41) is 4.70. The van der Waals surface area contributed by atoms with E-state index < -0.39 is 22.0 Å². The number of hydrogen-bond donors (Lipinski definition) is 2. The Balaban J connectivity index is 1.90. The van der Waals surface area contributed by atoms with Crippen LogP contribution in [0.3, 0.4) is 0 Å². The number of amides is 3. The van der Waals surface area contributed by atoms with E-state index in [1.165, 1.54) is 10.4 Å². The van der Waals surface area contributed by atoms with E-state index in [0.717, 1.165) is 5.56 Å². The summed E-state index contributed by atoms with van der Waals surface area (Å²) >= 11 is 0. The molecule has 1 heterocycles. The summed E-state index contributed by atoms with van der Waals surface area (Å²) in [4.78, 5) is 25.5. The molecule has 0 bridgehead atoms. The largest absolute Gasteiger partial charge is 0.334 e. The number of imide groups is 1. The molecule has 3 amide bonds. The summed E-state index contributed by atoms with van der Waals surface area (Å²) in [6.45, 7) is 11.4. The van der Waals surface area contributed by atoms with E-state index in [0.29, 0.717) is 26.2 Å². The molecule has 0 saturated carbocycles. The maximum atomic E-state index is 12.9. The fourth-order valence-corrected chi connectivity index (χ4v) is 4.40. The molecule has 29 heavy (non-hydrogen) atoms. The highest BCUT2D eigenvalue weighted by Crippen LogP contribution is 2.25. The molecule has 0 aliphatic carbocycles. The topological polar surface area (TPSA) is 98.8 Å². The van der Waals surface area contributed by atoms with Crippen molar-refractivity contribution in [3.63, 3.8) is 0 Å². The standard InChI is InChI=1S/C20H30N4O4S/c1-5-10-21-19(26)22-18(25)15-23-11-13-24(14-12-23)29(27,28)17-8-6-16(7-9-17)20(2,3)4/h5-9H,1,10-15H2,2-4H3,(H2,21,22,25,26). The van der Waals surface area contributed by atoms with E-state index in [2.05, 4.69) is 38.0 Å². The van der Waals surface area contributed by atoms with Crippen LogP contribution in [0, 0.1) is 0 Å². The SMILES string of the molecule is C=CCNC(=O)NC(=O)CN1CCN(S(=O)(=O)c2ccc(C(C)(C)C)cc2)CC1. The minimum atomic E-state index is -3.57. The second-order valence-electron chi connectivity index (χ2n) is 8.00. The molecule has 1 aromatic rings. The van der Waals surface area contributed by atoms with Gasteiger partial charge in [-0.25, -0.2) is 13.2 Å². The van der Waals surface area contributed by atoms with Crippen molar-refractivity contribution in [2.24, 2.45) is 0 Å². The van der Waals surface area contributed by atoms with Crippen molar-refractivity contribution < 1.29 is 18.0 Å². The third kappa shape index (κ3) is 6.38. The first-order valence-corrected chi connectivity index (χ1v) is 11.0. The van der Waals surface area contributed by atoms with E-state index in [-0.39, 0.29) is 23.4 Å². The van der Waals surface area contributed by atoms with E-state index in [9.17, 15) is 18.0 Å². The van der Waals surface area contributed by atoms with Crippen molar-refractivity contribution in [2.45, 2.75) is 31.1 Å². The molecular formula is C20H30N4O4S. The van der Waals surface area contributed by atoms with Gasteiger partial charge in [0.15, 0.2) is 0 Å². The smallest absolute Gasteiger partial charge is 0.321 e. The van der Waals surface area contributed by atoms with Gasteiger partial charge in [-0.05, 0) is 23.1 Å². The third-order valence-corrected chi connectivity index (χ3v) is 6.63. The summed E-state index contributed by atoms with van der Waals surface area (Å²) in [6, 6.07) is 6.43. The van der Waals surface area contributed by atoms with Gasteiger partial charge in [0.05, 0.1) is 11.4 Å². The quantitative estimate of drug-likeness (QED) is 0.674. The van der Waals surface area contributed by atoms with Crippen molar-refractivity contribution >= 4 is 22.0 Å². The molecule has 2 rings (SSSR count). The Hall–Kier alpha value is -2.23. The monoisotopic (exact) mass is 422 g/mol. The highest BCUT2D eigenvalue weighted by atomic mass is 32.2. The third-order valence-electron chi connectivity index (χ3n) is 4.72. The second kappa shape index (κ2) is 9.51. The lowest BCUT2D eigenvalue weighted by Gasteiger charge is -2.33. The van der Waals surface area contributed by atoms with Crippen LogP contribution in [-0.2, 0) is 20.2 Å². The Morgan fingerprint density at radius 1 is 1.10 bits per heavy atom. The minimum absolute atomic E-state index is 0.0374. The number of benzene rings is 1. The van der Waals surface area contributed by atoms with Crippen molar-refractivity contribution in [3.05, 3.63) is 42.5 Å². The summed E-state index contributed by atoms with van der Waals surface area (Å²) in [6.07, 6.45) is 1.51. The molecule has 1 fully saturated rings. The molecule has 160 valence electrons. The molecule has 0 spiro atoms. The first-order valence-electron chi connectivity index (χ1n) is 9.55. The number of piperazine rings is 1. The van der Waals surface area contributed by atoms with Gasteiger partial charge in [-0.15, -0.1) is 6.58 Å². The molecule has 9 heteroatoms. The first kappa shape index (κ1) is 23.1. The van der Waals surface area contributed by atoms with Gasteiger partial charge in [-0.2, -0.15) is 4.31 Å². The van der Waals surface area contributed by atoms with Crippen LogP contribution < -0.4 is 10.6 Å². The molecule has 8 nitrogen and oxygen atoms in total. The summed E-state index contributed by atoms with van der Waals surface area (Å²) in [5.74, 6) is -0.430. The van der Waals surface area contributed by atoms with Gasteiger partial charge in [0, 0.05) is 32.7 Å². The Morgan fingerprint density at radius 2 is 1.69 bits per heavy atom. The zero-order valence-electron chi connectivity index (χ0n) is 17.3. The van der Waals surface area contributed by atoms with E-state index >= 15 is 0 Å². The highest BCUT2D eigenvalue weighted by molar-refractivity contribution is 7.89. The van der Waals surface area contributed by atoms with Crippen molar-refractivity contribution in [2.75, 3.05) is 39.3 Å². The van der Waals surface area contributed by atoms with Crippen LogP contribution >= 0.6 is 0 Å². The second-order valence-corrected chi connectivity index (χ2v) is 9.94. The van der Waals surface area contributed by atoms with Crippen LogP contribution in [0.15, 0.2) is 41.8 Å². The maximum absolute atomic E-state index is 12.9. The zero-order chi connectivity index (χ0) is 21.7. The molecule has 0 aromatic heterocycles. The Kier molecular flexibility index (Phi) is 7.56. The van der Waals surface area contributed by atoms with Gasteiger partial charge >= 0.3 is 6.03 Å². The molecule has 0 radical (unpaired) electrons. The molecule has 1 aromatic carbocycles. The molecular weight excluding hydrogens is 392 g/mol. The van der Waals surface area contributed by atoms with Gasteiger partial charge in [0.25, 0.3) is 0 Å². The van der Waals surface area contributed by atoms with Crippen LogP contribution in [0.5, 0.6) is 0 Å². The van der Waals surface area contributed by atoms with Crippen LogP contribution in [0.4, 0.5) is 4.79 Å². The molecule has 2 N–H and O–H groups in total. The predicted molar refractivity (Wildman–Crippen MR) is 112 cm³/mol. The van der Waals surface area contributed by atoms with E-state index in [1.807, 2.05) is 17.0 Å². The Labute approximate surface area is 173 Å². The van der Waals surface area contributed by atoms with Gasteiger partial charge < -0.3 is 5.32 Å². The van der Waals surface area contributed by atoms with Gasteiger partial charge in [0.1, 0.15) is 0 Å². The number of urea groups is 1. The lowest BCUT2D eigenvalue weighted by atomic mass is 9.87. The number of hydrogen-bond acceptors (Lipinski definition) is 5. The maximum Gasteiger partial charge on any atom is 0.321 e. The fourth-order valence-electron chi connectivity index (χ4n) is 2.98. The molecule has 0 atom stereocenters.